The van der Waals surface area contributed by atoms with Crippen molar-refractivity contribution in [2.45, 2.75) is 13.0 Å². The molecule has 0 saturated carbocycles. The van der Waals surface area contributed by atoms with E-state index in [2.05, 4.69) is 23.5 Å². The lowest BCUT2D eigenvalue weighted by atomic mass is 11.0. The van der Waals surface area contributed by atoms with Crippen molar-refractivity contribution in [3.05, 3.63) is 12.3 Å². The topological polar surface area (TPSA) is 24.1 Å². The molecule has 0 atom stereocenters. The van der Waals surface area contributed by atoms with Gasteiger partial charge in [-0.1, -0.05) is 12.6 Å². The Morgan fingerprint density at radius 1 is 1.44 bits per heavy atom. The first-order chi connectivity index (χ1) is 4.24. The molecule has 0 aromatic heterocycles. The summed E-state index contributed by atoms with van der Waals surface area (Å²) in [6.45, 7) is 5.95. The quantitative estimate of drug-likeness (QED) is 0.565. The molecule has 0 spiro atoms. The molecule has 0 fully saturated rings. The van der Waals surface area contributed by atoms with Crippen LogP contribution in [0, 0.1) is 0 Å². The van der Waals surface area contributed by atoms with E-state index < -0.39 is 8.40 Å². The summed E-state index contributed by atoms with van der Waals surface area (Å²) in [6.07, 6.45) is 0. The summed E-state index contributed by atoms with van der Waals surface area (Å²) < 4.78 is 0. The summed E-state index contributed by atoms with van der Waals surface area (Å²) in [4.78, 5) is 6.55. The van der Waals surface area contributed by atoms with Crippen LogP contribution in [0.1, 0.15) is 6.92 Å². The van der Waals surface area contributed by atoms with Gasteiger partial charge in [0.15, 0.2) is 0 Å². The monoisotopic (exact) mass is 144 g/mol. The number of nitrogens with one attached hydrogen (secondary N) is 2. The van der Waals surface area contributed by atoms with Crippen LogP contribution in [-0.4, -0.2) is 22.5 Å². The van der Waals surface area contributed by atoms with E-state index in [4.69, 9.17) is 0 Å². The molecule has 54 valence electrons. The van der Waals surface area contributed by atoms with Gasteiger partial charge in [0.25, 0.3) is 0 Å². The fourth-order valence-corrected chi connectivity index (χ4v) is 2.48. The third-order valence-corrected chi connectivity index (χ3v) is 5.40. The first-order valence-electron chi connectivity index (χ1n) is 3.26. The molecule has 2 N–H and O–H groups in total. The Labute approximate surface area is 58.5 Å². The second-order valence-electron chi connectivity index (χ2n) is 2.03. The minimum atomic E-state index is -1.43. The Kier molecular flexibility index (Phi) is 3.77. The van der Waals surface area contributed by atoms with E-state index in [-0.39, 0.29) is 0 Å². The minimum Gasteiger partial charge on any atom is -0.325 e. The molecule has 0 radical (unpaired) electrons. The van der Waals surface area contributed by atoms with Crippen LogP contribution >= 0.6 is 0 Å². The van der Waals surface area contributed by atoms with E-state index in [9.17, 15) is 0 Å². The Balaban J connectivity index is 3.98. The lowest BCUT2D eigenvalue weighted by Gasteiger charge is -2.24. The van der Waals surface area contributed by atoms with Crippen molar-refractivity contribution in [2.75, 3.05) is 14.1 Å². The molecule has 0 heterocycles. The highest BCUT2D eigenvalue weighted by molar-refractivity contribution is 6.79. The molecule has 0 rings (SSSR count). The summed E-state index contributed by atoms with van der Waals surface area (Å²) >= 11 is 0. The van der Waals surface area contributed by atoms with Crippen LogP contribution < -0.4 is 9.96 Å². The third-order valence-electron chi connectivity index (χ3n) is 1.80. The lowest BCUT2D eigenvalue weighted by molar-refractivity contribution is 1.00. The summed E-state index contributed by atoms with van der Waals surface area (Å²) in [7, 11) is 2.53. The molecule has 0 aromatic carbocycles. The normalized spacial score (nSPS) is 11.4. The zero-order valence-corrected chi connectivity index (χ0v) is 7.49. The average molecular weight is 144 g/mol. The van der Waals surface area contributed by atoms with Crippen LogP contribution in [0.2, 0.25) is 6.04 Å². The molecule has 0 unspecified atom stereocenters. The van der Waals surface area contributed by atoms with Gasteiger partial charge in [-0.25, -0.2) is 0 Å². The van der Waals surface area contributed by atoms with Gasteiger partial charge in [0.1, 0.15) is 0 Å². The van der Waals surface area contributed by atoms with Crippen LogP contribution in [0.4, 0.5) is 0 Å². The molecule has 0 saturated heterocycles. The van der Waals surface area contributed by atoms with Crippen LogP contribution in [0.25, 0.3) is 0 Å². The van der Waals surface area contributed by atoms with Gasteiger partial charge in [-0.3, -0.25) is 0 Å². The molecule has 2 nitrogen and oxygen atoms in total. The Morgan fingerprint density at radius 2 is 1.89 bits per heavy atom. The molecule has 9 heavy (non-hydrogen) atoms. The second-order valence-corrected chi connectivity index (χ2v) is 6.09. The van der Waals surface area contributed by atoms with E-state index in [0.717, 1.165) is 6.04 Å². The first kappa shape index (κ1) is 8.88. The summed E-state index contributed by atoms with van der Waals surface area (Å²) in [5.74, 6) is 0. The maximum absolute atomic E-state index is 3.78. The van der Waals surface area contributed by atoms with Crippen molar-refractivity contribution in [2.24, 2.45) is 0 Å². The largest absolute Gasteiger partial charge is 0.325 e. The highest BCUT2D eigenvalue weighted by atomic mass is 28.3. The van der Waals surface area contributed by atoms with Gasteiger partial charge in [-0.05, 0) is 20.1 Å². The van der Waals surface area contributed by atoms with Crippen molar-refractivity contribution >= 4 is 8.40 Å². The van der Waals surface area contributed by atoms with Crippen molar-refractivity contribution in [1.29, 1.82) is 0 Å². The Bertz CT molecular complexity index is 80.8. The molecule has 0 aliphatic rings. The Morgan fingerprint density at radius 3 is 1.89 bits per heavy atom. The van der Waals surface area contributed by atoms with Crippen LogP contribution in [0.5, 0.6) is 0 Å². The average Bonchev–Trinajstić information content (AvgIpc) is 1.95. The van der Waals surface area contributed by atoms with Gasteiger partial charge >= 0.3 is 0 Å². The lowest BCUT2D eigenvalue weighted by Crippen LogP contribution is -2.57. The van der Waals surface area contributed by atoms with Crippen LogP contribution in [-0.2, 0) is 0 Å². The number of rotatable bonds is 4. The van der Waals surface area contributed by atoms with Crippen molar-refractivity contribution in [1.82, 2.24) is 9.96 Å². The SMILES string of the molecule is C=C[Si](CC)(NC)NC. The zero-order valence-electron chi connectivity index (χ0n) is 6.49. The summed E-state index contributed by atoms with van der Waals surface area (Å²) in [5.41, 5.74) is 2.02. The van der Waals surface area contributed by atoms with E-state index in [1.807, 2.05) is 19.8 Å². The van der Waals surface area contributed by atoms with E-state index in [1.165, 1.54) is 0 Å². The summed E-state index contributed by atoms with van der Waals surface area (Å²) in [6, 6.07) is 1.14. The molecule has 3 heteroatoms. The van der Waals surface area contributed by atoms with E-state index in [0.29, 0.717) is 0 Å². The minimum absolute atomic E-state index is 1.14. The molecule has 0 aromatic rings. The zero-order chi connectivity index (χ0) is 7.33. The van der Waals surface area contributed by atoms with Crippen molar-refractivity contribution in [3.63, 3.8) is 0 Å². The fraction of sp³-hybridized carbons (Fsp3) is 0.667. The molecular weight excluding hydrogens is 128 g/mol. The van der Waals surface area contributed by atoms with Crippen LogP contribution in [0.3, 0.4) is 0 Å². The second kappa shape index (κ2) is 3.82. The van der Waals surface area contributed by atoms with Gasteiger partial charge in [0, 0.05) is 0 Å². The van der Waals surface area contributed by atoms with Gasteiger partial charge in [-0.15, -0.1) is 6.58 Å². The van der Waals surface area contributed by atoms with Crippen molar-refractivity contribution < 1.29 is 0 Å². The molecule has 0 bridgehead atoms. The molecular formula is C6H16N2Si. The number of hydrogen-bond acceptors (Lipinski definition) is 2. The first-order valence-corrected chi connectivity index (χ1v) is 5.54. The molecule has 0 amide bonds. The maximum atomic E-state index is 3.78. The van der Waals surface area contributed by atoms with Gasteiger partial charge in [-0.2, -0.15) is 0 Å². The fourth-order valence-electron chi connectivity index (χ4n) is 0.827. The highest BCUT2D eigenvalue weighted by Crippen LogP contribution is 1.98. The smallest absolute Gasteiger partial charge is 0.225 e. The summed E-state index contributed by atoms with van der Waals surface area (Å²) in [5, 5.41) is 0. The molecule has 0 aliphatic carbocycles. The standard InChI is InChI=1S/C6H16N2Si/c1-5-9(6-2,7-3)8-4/h5,7-8H,1,6H2,2-4H3. The Hall–Kier alpha value is -0.123. The highest BCUT2D eigenvalue weighted by Gasteiger charge is 2.22. The maximum Gasteiger partial charge on any atom is 0.225 e. The number of hydrogen-bond donors (Lipinski definition) is 2. The van der Waals surface area contributed by atoms with E-state index >= 15 is 0 Å². The van der Waals surface area contributed by atoms with Gasteiger partial charge < -0.3 is 9.96 Å². The van der Waals surface area contributed by atoms with Gasteiger partial charge in [0.2, 0.25) is 8.40 Å². The van der Waals surface area contributed by atoms with E-state index in [1.54, 1.807) is 0 Å². The molecule has 0 aliphatic heterocycles. The van der Waals surface area contributed by atoms with Gasteiger partial charge in [0.05, 0.1) is 0 Å². The predicted octanol–water partition coefficient (Wildman–Crippen LogP) is 0.612. The predicted molar refractivity (Wildman–Crippen MR) is 44.6 cm³/mol. The van der Waals surface area contributed by atoms with Crippen LogP contribution in [0.15, 0.2) is 12.3 Å². The third kappa shape index (κ3) is 1.93. The van der Waals surface area contributed by atoms with Crippen molar-refractivity contribution in [3.8, 4) is 0 Å².